The van der Waals surface area contributed by atoms with Gasteiger partial charge in [-0.1, -0.05) is 30.3 Å². The van der Waals surface area contributed by atoms with E-state index in [1.807, 2.05) is 0 Å². The van der Waals surface area contributed by atoms with Crippen LogP contribution in [0, 0.1) is 11.3 Å². The van der Waals surface area contributed by atoms with Crippen LogP contribution >= 0.6 is 0 Å². The molecule has 0 spiro atoms. The van der Waals surface area contributed by atoms with E-state index in [9.17, 15) is 5.11 Å². The molecule has 1 aliphatic rings. The molecule has 2 N–H and O–H groups in total. The van der Waals surface area contributed by atoms with Gasteiger partial charge in [-0.3, -0.25) is 0 Å². The highest BCUT2D eigenvalue weighted by Gasteiger charge is 2.20. The summed E-state index contributed by atoms with van der Waals surface area (Å²) in [6.45, 7) is 0.688. The molecular formula is C20H22N2O2. The fourth-order valence-electron chi connectivity index (χ4n) is 3.15. The first kappa shape index (κ1) is 16.5. The van der Waals surface area contributed by atoms with Crippen LogP contribution in [0.1, 0.15) is 35.6 Å². The molecule has 2 aromatic carbocycles. The zero-order valence-corrected chi connectivity index (χ0v) is 13.6. The summed E-state index contributed by atoms with van der Waals surface area (Å²) in [5.41, 5.74) is 3.30. The average molecular weight is 322 g/mol. The molecule has 0 aromatic heterocycles. The maximum Gasteiger partial charge on any atom is 0.120 e. The molecule has 124 valence electrons. The second-order valence-corrected chi connectivity index (χ2v) is 6.16. The van der Waals surface area contributed by atoms with Gasteiger partial charge < -0.3 is 15.2 Å². The molecule has 0 amide bonds. The summed E-state index contributed by atoms with van der Waals surface area (Å²) < 4.78 is 5.58. The molecule has 0 aliphatic heterocycles. The summed E-state index contributed by atoms with van der Waals surface area (Å²) in [5, 5.41) is 22.5. The molecule has 1 aliphatic carbocycles. The van der Waals surface area contributed by atoms with Crippen molar-refractivity contribution >= 4 is 0 Å². The lowest BCUT2D eigenvalue weighted by Crippen LogP contribution is -2.35. The van der Waals surface area contributed by atoms with Gasteiger partial charge in [-0.05, 0) is 48.6 Å². The van der Waals surface area contributed by atoms with E-state index in [0.717, 1.165) is 12.8 Å². The quantitative estimate of drug-likeness (QED) is 0.858. The number of nitrogens with zero attached hydrogens (tertiary/aromatic N) is 1. The number of hydrogen-bond donors (Lipinski definition) is 2. The molecule has 24 heavy (non-hydrogen) atoms. The standard InChI is InChI=1S/C20H22N2O2/c21-12-15-5-3-8-18(11-15)24-14-17(23)13-22-20-10-4-7-16-6-1-2-9-19(16)20/h1-3,5-6,8-9,11,17,20,22-23H,4,7,10,13-14H2. The minimum atomic E-state index is -0.593. The number of nitriles is 1. The number of hydrogen-bond acceptors (Lipinski definition) is 4. The number of aliphatic hydroxyl groups excluding tert-OH is 1. The third-order valence-corrected chi connectivity index (χ3v) is 4.37. The van der Waals surface area contributed by atoms with E-state index < -0.39 is 6.10 Å². The van der Waals surface area contributed by atoms with Crippen LogP contribution in [0.4, 0.5) is 0 Å². The number of benzene rings is 2. The zero-order valence-electron chi connectivity index (χ0n) is 13.6. The minimum absolute atomic E-state index is 0.205. The summed E-state index contributed by atoms with van der Waals surface area (Å²) in [7, 11) is 0. The van der Waals surface area contributed by atoms with Crippen LogP contribution in [0.3, 0.4) is 0 Å². The number of aliphatic hydroxyl groups is 1. The van der Waals surface area contributed by atoms with E-state index in [-0.39, 0.29) is 6.61 Å². The first-order valence-electron chi connectivity index (χ1n) is 8.38. The van der Waals surface area contributed by atoms with Crippen molar-refractivity contribution in [1.29, 1.82) is 5.26 Å². The van der Waals surface area contributed by atoms with Crippen molar-refractivity contribution in [2.24, 2.45) is 0 Å². The van der Waals surface area contributed by atoms with Crippen LogP contribution < -0.4 is 10.1 Å². The molecule has 0 saturated heterocycles. The lowest BCUT2D eigenvalue weighted by molar-refractivity contribution is 0.103. The normalized spacial score (nSPS) is 17.6. The molecule has 0 saturated carbocycles. The third-order valence-electron chi connectivity index (χ3n) is 4.37. The van der Waals surface area contributed by atoms with Crippen LogP contribution in [0.25, 0.3) is 0 Å². The van der Waals surface area contributed by atoms with Crippen LogP contribution in [-0.2, 0) is 6.42 Å². The van der Waals surface area contributed by atoms with Crippen LogP contribution in [0.15, 0.2) is 48.5 Å². The number of nitrogens with one attached hydrogen (secondary N) is 1. The van der Waals surface area contributed by atoms with Gasteiger partial charge in [-0.25, -0.2) is 0 Å². The van der Waals surface area contributed by atoms with Gasteiger partial charge in [0.2, 0.25) is 0 Å². The maximum absolute atomic E-state index is 10.2. The lowest BCUT2D eigenvalue weighted by Gasteiger charge is -2.27. The van der Waals surface area contributed by atoms with Crippen molar-refractivity contribution in [1.82, 2.24) is 5.32 Å². The molecule has 2 atom stereocenters. The van der Waals surface area contributed by atoms with Crippen molar-refractivity contribution in [3.05, 3.63) is 65.2 Å². The van der Waals surface area contributed by atoms with E-state index in [1.165, 1.54) is 17.5 Å². The third kappa shape index (κ3) is 4.14. The molecule has 4 nitrogen and oxygen atoms in total. The van der Waals surface area contributed by atoms with E-state index >= 15 is 0 Å². The van der Waals surface area contributed by atoms with Crippen LogP contribution in [0.5, 0.6) is 5.75 Å². The van der Waals surface area contributed by atoms with Crippen molar-refractivity contribution in [2.75, 3.05) is 13.2 Å². The summed E-state index contributed by atoms with van der Waals surface area (Å²) in [6.07, 6.45) is 2.80. The molecule has 2 unspecified atom stereocenters. The zero-order chi connectivity index (χ0) is 16.8. The smallest absolute Gasteiger partial charge is 0.120 e. The monoisotopic (exact) mass is 322 g/mol. The highest BCUT2D eigenvalue weighted by molar-refractivity contribution is 5.36. The topological polar surface area (TPSA) is 65.3 Å². The summed E-state index contributed by atoms with van der Waals surface area (Å²) in [6, 6.07) is 17.9. The van der Waals surface area contributed by atoms with Crippen molar-refractivity contribution in [3.63, 3.8) is 0 Å². The van der Waals surface area contributed by atoms with Gasteiger partial charge in [0.25, 0.3) is 0 Å². The SMILES string of the molecule is N#Cc1cccc(OCC(O)CNC2CCCc3ccccc32)c1. The second kappa shape index (κ2) is 7.96. The van der Waals surface area contributed by atoms with E-state index in [4.69, 9.17) is 10.00 Å². The fraction of sp³-hybridized carbons (Fsp3) is 0.350. The minimum Gasteiger partial charge on any atom is -0.491 e. The molecule has 2 aromatic rings. The average Bonchev–Trinajstić information content (AvgIpc) is 2.64. The van der Waals surface area contributed by atoms with Crippen molar-refractivity contribution in [2.45, 2.75) is 31.4 Å². The molecule has 3 rings (SSSR count). The lowest BCUT2D eigenvalue weighted by atomic mass is 9.88. The Bertz CT molecular complexity index is 724. The Labute approximate surface area is 142 Å². The Hall–Kier alpha value is -2.35. The van der Waals surface area contributed by atoms with Gasteiger partial charge >= 0.3 is 0 Å². The number of fused-ring (bicyclic) bond motifs is 1. The van der Waals surface area contributed by atoms with Crippen molar-refractivity contribution in [3.8, 4) is 11.8 Å². The van der Waals surface area contributed by atoms with Gasteiger partial charge in [0.1, 0.15) is 18.5 Å². The Morgan fingerprint density at radius 2 is 2.12 bits per heavy atom. The first-order valence-corrected chi connectivity index (χ1v) is 8.38. The Balaban J connectivity index is 1.49. The second-order valence-electron chi connectivity index (χ2n) is 6.16. The highest BCUT2D eigenvalue weighted by atomic mass is 16.5. The molecule has 0 fully saturated rings. The molecule has 4 heteroatoms. The summed E-state index contributed by atoms with van der Waals surface area (Å²) in [4.78, 5) is 0. The van der Waals surface area contributed by atoms with Gasteiger partial charge in [-0.15, -0.1) is 0 Å². The largest absolute Gasteiger partial charge is 0.491 e. The van der Waals surface area contributed by atoms with Gasteiger partial charge in [0, 0.05) is 12.6 Å². The summed E-state index contributed by atoms with van der Waals surface area (Å²) >= 11 is 0. The van der Waals surface area contributed by atoms with E-state index in [0.29, 0.717) is 23.9 Å². The highest BCUT2D eigenvalue weighted by Crippen LogP contribution is 2.29. The predicted octanol–water partition coefficient (Wildman–Crippen LogP) is 2.97. The molecule has 0 radical (unpaired) electrons. The van der Waals surface area contributed by atoms with Gasteiger partial charge in [-0.2, -0.15) is 5.26 Å². The molecule has 0 bridgehead atoms. The molecular weight excluding hydrogens is 300 g/mol. The van der Waals surface area contributed by atoms with Crippen LogP contribution in [0.2, 0.25) is 0 Å². The van der Waals surface area contributed by atoms with Crippen LogP contribution in [-0.4, -0.2) is 24.4 Å². The Morgan fingerprint density at radius 1 is 1.25 bits per heavy atom. The Kier molecular flexibility index (Phi) is 5.47. The fourth-order valence-corrected chi connectivity index (χ4v) is 3.15. The van der Waals surface area contributed by atoms with Gasteiger partial charge in [0.15, 0.2) is 0 Å². The van der Waals surface area contributed by atoms with E-state index in [1.54, 1.807) is 24.3 Å². The number of ether oxygens (including phenoxy) is 1. The number of aryl methyl sites for hydroxylation is 1. The van der Waals surface area contributed by atoms with E-state index in [2.05, 4.69) is 35.7 Å². The summed E-state index contributed by atoms with van der Waals surface area (Å²) in [5.74, 6) is 0.608. The van der Waals surface area contributed by atoms with Gasteiger partial charge in [0.05, 0.1) is 11.6 Å². The Morgan fingerprint density at radius 3 is 3.00 bits per heavy atom. The first-order chi connectivity index (χ1) is 11.8. The predicted molar refractivity (Wildman–Crippen MR) is 92.8 cm³/mol. The number of rotatable bonds is 6. The molecule has 0 heterocycles. The maximum atomic E-state index is 10.2. The van der Waals surface area contributed by atoms with Crippen molar-refractivity contribution < 1.29 is 9.84 Å².